The first-order valence-electron chi connectivity index (χ1n) is 11.8. The van der Waals surface area contributed by atoms with Gasteiger partial charge in [-0.15, -0.1) is 0 Å². The molecule has 2 aliphatic heterocycles. The highest BCUT2D eigenvalue weighted by Crippen LogP contribution is 2.28. The highest BCUT2D eigenvalue weighted by molar-refractivity contribution is 5.82. The SMILES string of the molecule is Cc1ccccc1-c1cc2cnc(NC3CCN(C(=O)O)CC3)nc2n(C2CCOCC2)c1=O. The number of carboxylic acid groups (broad SMARTS) is 1. The number of piperidine rings is 1. The predicted octanol–water partition coefficient (Wildman–Crippen LogP) is 3.67. The highest BCUT2D eigenvalue weighted by atomic mass is 16.5. The Kier molecular flexibility index (Phi) is 6.19. The van der Waals surface area contributed by atoms with Gasteiger partial charge in [0.1, 0.15) is 5.65 Å². The van der Waals surface area contributed by atoms with Crippen molar-refractivity contribution in [3.8, 4) is 11.1 Å². The van der Waals surface area contributed by atoms with Crippen LogP contribution in [0.1, 0.15) is 37.3 Å². The molecule has 4 heterocycles. The molecule has 9 heteroatoms. The summed E-state index contributed by atoms with van der Waals surface area (Å²) in [4.78, 5) is 35.7. The minimum Gasteiger partial charge on any atom is -0.465 e. The van der Waals surface area contributed by atoms with Crippen molar-refractivity contribution < 1.29 is 14.6 Å². The van der Waals surface area contributed by atoms with E-state index in [0.717, 1.165) is 29.4 Å². The second-order valence-corrected chi connectivity index (χ2v) is 9.05. The van der Waals surface area contributed by atoms with Crippen molar-refractivity contribution in [1.29, 1.82) is 0 Å². The molecule has 2 saturated heterocycles. The van der Waals surface area contributed by atoms with Crippen LogP contribution in [0.2, 0.25) is 0 Å². The quantitative estimate of drug-likeness (QED) is 0.607. The first kappa shape index (κ1) is 22.3. The summed E-state index contributed by atoms with van der Waals surface area (Å²) >= 11 is 0. The third-order valence-corrected chi connectivity index (χ3v) is 6.86. The summed E-state index contributed by atoms with van der Waals surface area (Å²) in [5.74, 6) is 0.463. The molecular weight excluding hydrogens is 434 g/mol. The largest absolute Gasteiger partial charge is 0.465 e. The predicted molar refractivity (Wildman–Crippen MR) is 129 cm³/mol. The lowest BCUT2D eigenvalue weighted by molar-refractivity contribution is 0.0697. The van der Waals surface area contributed by atoms with E-state index in [9.17, 15) is 14.7 Å². The van der Waals surface area contributed by atoms with Gasteiger partial charge in [-0.05, 0) is 49.8 Å². The maximum absolute atomic E-state index is 13.8. The number of aromatic nitrogens is 3. The van der Waals surface area contributed by atoms with Crippen molar-refractivity contribution >= 4 is 23.1 Å². The molecule has 1 aromatic carbocycles. The zero-order chi connectivity index (χ0) is 23.7. The Labute approximate surface area is 197 Å². The number of benzene rings is 1. The molecular formula is C25H29N5O4. The van der Waals surface area contributed by atoms with E-state index in [4.69, 9.17) is 9.72 Å². The van der Waals surface area contributed by atoms with Crippen molar-refractivity contribution in [3.05, 3.63) is 52.4 Å². The maximum atomic E-state index is 13.8. The van der Waals surface area contributed by atoms with E-state index in [-0.39, 0.29) is 17.6 Å². The molecule has 34 heavy (non-hydrogen) atoms. The summed E-state index contributed by atoms with van der Waals surface area (Å²) in [6, 6.07) is 9.90. The summed E-state index contributed by atoms with van der Waals surface area (Å²) < 4.78 is 7.38. The standard InChI is InChI=1S/C25H29N5O4/c1-16-4-2-3-5-20(16)21-14-17-15-26-24(27-18-6-10-29(11-7-18)25(32)33)28-22(17)30(23(21)31)19-8-12-34-13-9-19/h2-5,14-15,18-19H,6-13H2,1H3,(H,32,33)(H,26,27,28). The molecule has 2 fully saturated rings. The molecule has 0 bridgehead atoms. The number of carbonyl (C=O) groups is 1. The number of hydrogen-bond acceptors (Lipinski definition) is 6. The summed E-state index contributed by atoms with van der Waals surface area (Å²) in [5.41, 5.74) is 3.19. The molecule has 2 aliphatic rings. The van der Waals surface area contributed by atoms with Gasteiger partial charge in [0.25, 0.3) is 5.56 Å². The third-order valence-electron chi connectivity index (χ3n) is 6.86. The van der Waals surface area contributed by atoms with E-state index < -0.39 is 6.09 Å². The summed E-state index contributed by atoms with van der Waals surface area (Å²) in [6.07, 6.45) is 3.78. The van der Waals surface area contributed by atoms with Crippen LogP contribution in [0.4, 0.5) is 10.7 Å². The number of likely N-dealkylation sites (tertiary alicyclic amines) is 1. The van der Waals surface area contributed by atoms with Crippen molar-refractivity contribution in [1.82, 2.24) is 19.4 Å². The van der Waals surface area contributed by atoms with Crippen molar-refractivity contribution in [2.75, 3.05) is 31.6 Å². The molecule has 0 atom stereocenters. The Hall–Kier alpha value is -3.46. The lowest BCUT2D eigenvalue weighted by atomic mass is 10.00. The average molecular weight is 464 g/mol. The van der Waals surface area contributed by atoms with Crippen LogP contribution in [0.5, 0.6) is 0 Å². The van der Waals surface area contributed by atoms with Gasteiger partial charge in [-0.25, -0.2) is 9.78 Å². The molecule has 1 amide bonds. The van der Waals surface area contributed by atoms with Crippen LogP contribution in [-0.4, -0.2) is 63.0 Å². The highest BCUT2D eigenvalue weighted by Gasteiger charge is 2.25. The Morgan fingerprint density at radius 3 is 2.56 bits per heavy atom. The zero-order valence-corrected chi connectivity index (χ0v) is 19.2. The minimum absolute atomic E-state index is 0.00859. The third kappa shape index (κ3) is 4.35. The Morgan fingerprint density at radius 2 is 1.85 bits per heavy atom. The molecule has 9 nitrogen and oxygen atoms in total. The first-order chi connectivity index (χ1) is 16.5. The molecule has 0 saturated carbocycles. The van der Waals surface area contributed by atoms with Crippen LogP contribution in [0, 0.1) is 6.92 Å². The summed E-state index contributed by atoms with van der Waals surface area (Å²) in [5, 5.41) is 13.3. The topological polar surface area (TPSA) is 110 Å². The van der Waals surface area contributed by atoms with Gasteiger partial charge in [0.15, 0.2) is 0 Å². The first-order valence-corrected chi connectivity index (χ1v) is 11.8. The van der Waals surface area contributed by atoms with Gasteiger partial charge in [0.2, 0.25) is 5.95 Å². The zero-order valence-electron chi connectivity index (χ0n) is 19.2. The molecule has 0 unspecified atom stereocenters. The number of ether oxygens (including phenoxy) is 1. The normalized spacial score (nSPS) is 17.7. The van der Waals surface area contributed by atoms with E-state index in [2.05, 4.69) is 10.3 Å². The molecule has 2 aromatic heterocycles. The van der Waals surface area contributed by atoms with E-state index >= 15 is 0 Å². The van der Waals surface area contributed by atoms with Crippen molar-refractivity contribution in [2.24, 2.45) is 0 Å². The molecule has 0 spiro atoms. The molecule has 5 rings (SSSR count). The molecule has 178 valence electrons. The van der Waals surface area contributed by atoms with Gasteiger partial charge in [-0.2, -0.15) is 4.98 Å². The number of anilines is 1. The van der Waals surface area contributed by atoms with Gasteiger partial charge < -0.3 is 20.1 Å². The van der Waals surface area contributed by atoms with E-state index in [0.29, 0.717) is 56.3 Å². The van der Waals surface area contributed by atoms with E-state index in [1.54, 1.807) is 6.20 Å². The minimum atomic E-state index is -0.884. The fourth-order valence-corrected chi connectivity index (χ4v) is 4.94. The Bertz CT molecular complexity index is 1260. The number of fused-ring (bicyclic) bond motifs is 1. The smallest absolute Gasteiger partial charge is 0.407 e. The van der Waals surface area contributed by atoms with Gasteiger partial charge in [-0.3, -0.25) is 9.36 Å². The van der Waals surface area contributed by atoms with Crippen molar-refractivity contribution in [3.63, 3.8) is 0 Å². The molecule has 3 aromatic rings. The van der Waals surface area contributed by atoms with Crippen molar-refractivity contribution in [2.45, 2.75) is 44.7 Å². The number of nitrogens with one attached hydrogen (secondary N) is 1. The fourth-order valence-electron chi connectivity index (χ4n) is 4.94. The molecule has 0 aliphatic carbocycles. The number of aryl methyl sites for hydroxylation is 1. The van der Waals surface area contributed by atoms with Gasteiger partial charge in [0, 0.05) is 55.5 Å². The van der Waals surface area contributed by atoms with E-state index in [1.165, 1.54) is 4.90 Å². The van der Waals surface area contributed by atoms with Crippen LogP contribution >= 0.6 is 0 Å². The van der Waals surface area contributed by atoms with Gasteiger partial charge in [-0.1, -0.05) is 24.3 Å². The second kappa shape index (κ2) is 9.42. The maximum Gasteiger partial charge on any atom is 0.407 e. The van der Waals surface area contributed by atoms with Crippen LogP contribution in [0.3, 0.4) is 0 Å². The molecule has 0 radical (unpaired) electrons. The van der Waals surface area contributed by atoms with Crippen LogP contribution < -0.4 is 10.9 Å². The number of pyridine rings is 1. The number of hydrogen-bond donors (Lipinski definition) is 2. The number of rotatable bonds is 4. The van der Waals surface area contributed by atoms with Crippen LogP contribution in [0.15, 0.2) is 41.3 Å². The van der Waals surface area contributed by atoms with Crippen LogP contribution in [0.25, 0.3) is 22.2 Å². The second-order valence-electron chi connectivity index (χ2n) is 9.05. The number of nitrogens with zero attached hydrogens (tertiary/aromatic N) is 4. The van der Waals surface area contributed by atoms with Gasteiger partial charge in [0.05, 0.1) is 0 Å². The van der Waals surface area contributed by atoms with E-state index in [1.807, 2.05) is 41.8 Å². The fraction of sp³-hybridized carbons (Fsp3) is 0.440. The lowest BCUT2D eigenvalue weighted by Crippen LogP contribution is -2.41. The Morgan fingerprint density at radius 1 is 1.12 bits per heavy atom. The molecule has 2 N–H and O–H groups in total. The number of amides is 1. The summed E-state index contributed by atoms with van der Waals surface area (Å²) in [6.45, 7) is 4.20. The van der Waals surface area contributed by atoms with Gasteiger partial charge >= 0.3 is 6.09 Å². The lowest BCUT2D eigenvalue weighted by Gasteiger charge is -2.30. The summed E-state index contributed by atoms with van der Waals surface area (Å²) in [7, 11) is 0. The Balaban J connectivity index is 1.54. The van der Waals surface area contributed by atoms with Crippen LogP contribution in [-0.2, 0) is 4.74 Å². The average Bonchev–Trinajstić information content (AvgIpc) is 2.85. The monoisotopic (exact) mass is 463 g/mol.